The van der Waals surface area contributed by atoms with E-state index >= 15 is 0 Å². The van der Waals surface area contributed by atoms with E-state index < -0.39 is 11.4 Å². The van der Waals surface area contributed by atoms with Crippen molar-refractivity contribution in [2.24, 2.45) is 5.41 Å². The van der Waals surface area contributed by atoms with Crippen molar-refractivity contribution in [3.05, 3.63) is 63.9 Å². The van der Waals surface area contributed by atoms with Crippen molar-refractivity contribution < 1.29 is 14.3 Å². The van der Waals surface area contributed by atoms with Gasteiger partial charge in [-0.1, -0.05) is 32.8 Å². The molecule has 0 unspecified atom stereocenters. The van der Waals surface area contributed by atoms with Gasteiger partial charge in [0.15, 0.2) is 0 Å². The van der Waals surface area contributed by atoms with Gasteiger partial charge in [0.05, 0.1) is 30.1 Å². The number of carbonyl (C=O) groups is 2. The minimum absolute atomic E-state index is 0.111. The van der Waals surface area contributed by atoms with Gasteiger partial charge in [-0.2, -0.15) is 0 Å². The maximum absolute atomic E-state index is 12.7. The number of amides is 1. The van der Waals surface area contributed by atoms with Gasteiger partial charge in [0, 0.05) is 17.6 Å². The molecular weight excluding hydrogens is 420 g/mol. The van der Waals surface area contributed by atoms with Crippen LogP contribution in [0.4, 0.5) is 11.6 Å². The quantitative estimate of drug-likeness (QED) is 0.445. The topological polar surface area (TPSA) is 104 Å². The summed E-state index contributed by atoms with van der Waals surface area (Å²) < 4.78 is 4.73. The molecule has 3 rings (SSSR count). The number of fused-ring (bicyclic) bond motifs is 1. The van der Waals surface area contributed by atoms with Crippen LogP contribution in [0.1, 0.15) is 36.7 Å². The van der Waals surface area contributed by atoms with E-state index in [-0.39, 0.29) is 17.4 Å². The van der Waals surface area contributed by atoms with Gasteiger partial charge in [0.2, 0.25) is 11.9 Å². The van der Waals surface area contributed by atoms with E-state index in [9.17, 15) is 14.4 Å². The second-order valence-corrected chi connectivity index (χ2v) is 8.57. The third kappa shape index (κ3) is 5.57. The smallest absolute Gasteiger partial charge is 0.337 e. The molecule has 0 saturated carbocycles. The molecule has 0 atom stereocenters. The molecular formula is C25H26N4O4. The molecule has 8 heteroatoms. The van der Waals surface area contributed by atoms with Crippen LogP contribution in [-0.2, 0) is 16.1 Å². The van der Waals surface area contributed by atoms with E-state index in [1.807, 2.05) is 11.0 Å². The maximum atomic E-state index is 12.7. The molecule has 0 aliphatic rings. The Labute approximate surface area is 192 Å². The second-order valence-electron chi connectivity index (χ2n) is 8.57. The zero-order valence-electron chi connectivity index (χ0n) is 19.1. The van der Waals surface area contributed by atoms with Crippen molar-refractivity contribution in [1.82, 2.24) is 9.97 Å². The highest BCUT2D eigenvalue weighted by atomic mass is 16.5. The first-order valence-corrected chi connectivity index (χ1v) is 10.3. The van der Waals surface area contributed by atoms with Crippen LogP contribution in [0.2, 0.25) is 0 Å². The lowest BCUT2D eigenvalue weighted by molar-refractivity contribution is -0.123. The molecule has 0 bridgehead atoms. The third-order valence-corrected chi connectivity index (χ3v) is 4.99. The molecule has 3 aromatic rings. The highest BCUT2D eigenvalue weighted by Crippen LogP contribution is 2.21. The molecule has 8 nitrogen and oxygen atoms in total. The average Bonchev–Trinajstić information content (AvgIpc) is 2.78. The number of carbonyl (C=O) groups excluding carboxylic acids is 2. The van der Waals surface area contributed by atoms with Crippen LogP contribution in [0.15, 0.2) is 47.3 Å². The predicted molar refractivity (Wildman–Crippen MR) is 128 cm³/mol. The van der Waals surface area contributed by atoms with Crippen LogP contribution < -0.4 is 15.8 Å². The van der Waals surface area contributed by atoms with E-state index in [2.05, 4.69) is 21.2 Å². The minimum atomic E-state index is -0.618. The number of hydrogen-bond donors (Lipinski definition) is 2. The number of anilines is 2. The van der Waals surface area contributed by atoms with Gasteiger partial charge in [-0.15, -0.1) is 6.42 Å². The van der Waals surface area contributed by atoms with Gasteiger partial charge in [-0.3, -0.25) is 19.9 Å². The summed E-state index contributed by atoms with van der Waals surface area (Å²) in [7, 11) is 1.33. The number of esters is 1. The molecule has 1 heterocycles. The number of hydrogen-bond acceptors (Lipinski definition) is 6. The summed E-state index contributed by atoms with van der Waals surface area (Å²) >= 11 is 0. The largest absolute Gasteiger partial charge is 0.465 e. The Morgan fingerprint density at radius 1 is 1.18 bits per heavy atom. The molecule has 0 aliphatic heterocycles. The Bertz CT molecular complexity index is 1280. The van der Waals surface area contributed by atoms with Gasteiger partial charge in [0.25, 0.3) is 5.56 Å². The van der Waals surface area contributed by atoms with Crippen LogP contribution >= 0.6 is 0 Å². The second kappa shape index (κ2) is 9.57. The molecule has 1 amide bonds. The van der Waals surface area contributed by atoms with Crippen LogP contribution in [-0.4, -0.2) is 35.5 Å². The Kier molecular flexibility index (Phi) is 6.83. The first kappa shape index (κ1) is 23.5. The lowest BCUT2D eigenvalue weighted by Crippen LogP contribution is -2.29. The van der Waals surface area contributed by atoms with E-state index in [1.54, 1.807) is 57.2 Å². The normalized spacial score (nSPS) is 11.0. The van der Waals surface area contributed by atoms with Gasteiger partial charge in [0.1, 0.15) is 0 Å². The van der Waals surface area contributed by atoms with Crippen molar-refractivity contribution in [1.29, 1.82) is 0 Å². The summed E-state index contributed by atoms with van der Waals surface area (Å²) in [6.07, 6.45) is 5.56. The van der Waals surface area contributed by atoms with E-state index in [1.165, 1.54) is 7.11 Å². The molecule has 2 N–H and O–H groups in total. The molecule has 0 aliphatic carbocycles. The number of H-pyrrole nitrogens is 1. The number of aromatic amines is 1. The molecule has 0 spiro atoms. The van der Waals surface area contributed by atoms with Crippen molar-refractivity contribution >= 4 is 34.4 Å². The lowest BCUT2D eigenvalue weighted by atomic mass is 9.96. The number of nitrogens with one attached hydrogen (secondary N) is 2. The van der Waals surface area contributed by atoms with Crippen LogP contribution in [0, 0.1) is 17.8 Å². The summed E-state index contributed by atoms with van der Waals surface area (Å²) in [5, 5.41) is 3.05. The SMILES string of the molecule is C#CCN(Cc1ccc2nc(NC(=O)C(C)(C)C)[nH]c(=O)c2c1)c1ccc(C(=O)OC)cc1. The Hall–Kier alpha value is -4.12. The minimum Gasteiger partial charge on any atom is -0.465 e. The van der Waals surface area contributed by atoms with Crippen molar-refractivity contribution in [2.45, 2.75) is 27.3 Å². The molecule has 33 heavy (non-hydrogen) atoms. The Morgan fingerprint density at radius 3 is 2.48 bits per heavy atom. The number of benzene rings is 2. The summed E-state index contributed by atoms with van der Waals surface area (Å²) in [5.41, 5.74) is 1.63. The van der Waals surface area contributed by atoms with Crippen molar-refractivity contribution in [3.63, 3.8) is 0 Å². The molecule has 1 aromatic heterocycles. The fraction of sp³-hybridized carbons (Fsp3) is 0.280. The summed E-state index contributed by atoms with van der Waals surface area (Å²) in [6, 6.07) is 12.3. The molecule has 2 aromatic carbocycles. The average molecular weight is 447 g/mol. The first-order valence-electron chi connectivity index (χ1n) is 10.3. The number of terminal acetylenes is 1. The number of rotatable bonds is 6. The lowest BCUT2D eigenvalue weighted by Gasteiger charge is -2.23. The highest BCUT2D eigenvalue weighted by molar-refractivity contribution is 5.94. The molecule has 0 radical (unpaired) electrons. The molecule has 0 saturated heterocycles. The zero-order valence-corrected chi connectivity index (χ0v) is 19.1. The highest BCUT2D eigenvalue weighted by Gasteiger charge is 2.22. The van der Waals surface area contributed by atoms with E-state index in [0.29, 0.717) is 29.6 Å². The van der Waals surface area contributed by atoms with Crippen LogP contribution in [0.3, 0.4) is 0 Å². The Balaban J connectivity index is 1.87. The van der Waals surface area contributed by atoms with Gasteiger partial charge < -0.3 is 9.64 Å². The summed E-state index contributed by atoms with van der Waals surface area (Å²) in [6.45, 7) is 6.11. The van der Waals surface area contributed by atoms with Crippen molar-refractivity contribution in [2.75, 3.05) is 23.9 Å². The van der Waals surface area contributed by atoms with Crippen LogP contribution in [0.5, 0.6) is 0 Å². The number of ether oxygens (including phenoxy) is 1. The summed E-state index contributed by atoms with van der Waals surface area (Å²) in [4.78, 5) is 45.5. The van der Waals surface area contributed by atoms with Gasteiger partial charge >= 0.3 is 5.97 Å². The fourth-order valence-electron chi connectivity index (χ4n) is 3.13. The molecule has 170 valence electrons. The van der Waals surface area contributed by atoms with Gasteiger partial charge in [-0.25, -0.2) is 9.78 Å². The monoisotopic (exact) mass is 446 g/mol. The first-order chi connectivity index (χ1) is 15.6. The van der Waals surface area contributed by atoms with E-state index in [4.69, 9.17) is 11.2 Å². The van der Waals surface area contributed by atoms with E-state index in [0.717, 1.165) is 11.3 Å². The molecule has 0 fully saturated rings. The number of nitrogens with zero attached hydrogens (tertiary/aromatic N) is 2. The van der Waals surface area contributed by atoms with Crippen molar-refractivity contribution in [3.8, 4) is 12.3 Å². The predicted octanol–water partition coefficient (Wildman–Crippen LogP) is 3.33. The third-order valence-electron chi connectivity index (χ3n) is 4.99. The summed E-state index contributed by atoms with van der Waals surface area (Å²) in [5.74, 6) is 2.09. The van der Waals surface area contributed by atoms with Crippen LogP contribution in [0.25, 0.3) is 10.9 Å². The van der Waals surface area contributed by atoms with Gasteiger partial charge in [-0.05, 0) is 42.0 Å². The zero-order chi connectivity index (χ0) is 24.2. The standard InChI is InChI=1S/C25H26N4O4/c1-6-13-29(18-10-8-17(9-11-18)22(31)33-5)15-16-7-12-20-19(14-16)21(30)27-24(26-20)28-23(32)25(2,3)4/h1,7-12,14H,13,15H2,2-5H3,(H2,26,27,28,30,32). The number of methoxy groups -OCH3 is 1. The maximum Gasteiger partial charge on any atom is 0.337 e. The fourth-order valence-corrected chi connectivity index (χ4v) is 3.13. The number of aromatic nitrogens is 2. The Morgan fingerprint density at radius 2 is 1.88 bits per heavy atom.